The van der Waals surface area contributed by atoms with E-state index in [2.05, 4.69) is 15.4 Å². The number of amides is 1. The van der Waals surface area contributed by atoms with Crippen LogP contribution < -0.4 is 5.32 Å². The van der Waals surface area contributed by atoms with E-state index >= 15 is 0 Å². The third-order valence-corrected chi connectivity index (χ3v) is 3.86. The molecule has 0 aromatic carbocycles. The SMILES string of the molecule is Cc1nn(C)c2ncc(NC(=O)CC[C@@H]3CCCO3)cc12. The summed E-state index contributed by atoms with van der Waals surface area (Å²) in [5.41, 5.74) is 2.45. The monoisotopic (exact) mass is 288 g/mol. The number of ether oxygens (including phenoxy) is 1. The number of hydrogen-bond acceptors (Lipinski definition) is 4. The van der Waals surface area contributed by atoms with Crippen molar-refractivity contribution in [1.82, 2.24) is 14.8 Å². The number of aromatic nitrogens is 3. The summed E-state index contributed by atoms with van der Waals surface area (Å²) in [5, 5.41) is 8.19. The average molecular weight is 288 g/mol. The number of nitrogens with zero attached hydrogens (tertiary/aromatic N) is 3. The van der Waals surface area contributed by atoms with Gasteiger partial charge >= 0.3 is 0 Å². The molecule has 1 atom stereocenters. The molecule has 0 aliphatic carbocycles. The average Bonchev–Trinajstić information content (AvgIpc) is 3.06. The van der Waals surface area contributed by atoms with Gasteiger partial charge < -0.3 is 10.1 Å². The van der Waals surface area contributed by atoms with Crippen LogP contribution in [-0.2, 0) is 16.6 Å². The molecule has 1 aliphatic heterocycles. The fraction of sp³-hybridized carbons (Fsp3) is 0.533. The molecule has 0 bridgehead atoms. The number of aryl methyl sites for hydroxylation is 2. The number of hydrogen-bond donors (Lipinski definition) is 1. The van der Waals surface area contributed by atoms with Crippen LogP contribution in [0.25, 0.3) is 11.0 Å². The Kier molecular flexibility index (Phi) is 3.88. The first-order valence-electron chi connectivity index (χ1n) is 7.34. The van der Waals surface area contributed by atoms with E-state index in [0.717, 1.165) is 48.3 Å². The van der Waals surface area contributed by atoms with Crippen molar-refractivity contribution in [1.29, 1.82) is 0 Å². The van der Waals surface area contributed by atoms with Gasteiger partial charge in [0, 0.05) is 25.5 Å². The molecule has 0 unspecified atom stereocenters. The Hall–Kier alpha value is -1.95. The van der Waals surface area contributed by atoms with Gasteiger partial charge in [-0.25, -0.2) is 4.98 Å². The summed E-state index contributed by atoms with van der Waals surface area (Å²) >= 11 is 0. The van der Waals surface area contributed by atoms with Crippen molar-refractivity contribution in [2.24, 2.45) is 7.05 Å². The van der Waals surface area contributed by atoms with Gasteiger partial charge in [0.15, 0.2) is 5.65 Å². The molecule has 1 amide bonds. The number of pyridine rings is 1. The van der Waals surface area contributed by atoms with Crippen LogP contribution in [0.4, 0.5) is 5.69 Å². The van der Waals surface area contributed by atoms with Gasteiger partial charge in [0.1, 0.15) is 0 Å². The Balaban J connectivity index is 1.63. The van der Waals surface area contributed by atoms with Crippen molar-refractivity contribution < 1.29 is 9.53 Å². The highest BCUT2D eigenvalue weighted by molar-refractivity contribution is 5.93. The van der Waals surface area contributed by atoms with Crippen molar-refractivity contribution in [2.75, 3.05) is 11.9 Å². The number of rotatable bonds is 4. The molecule has 0 saturated carbocycles. The lowest BCUT2D eigenvalue weighted by atomic mass is 10.1. The summed E-state index contributed by atoms with van der Waals surface area (Å²) in [4.78, 5) is 16.3. The number of carbonyl (C=O) groups is 1. The number of carbonyl (C=O) groups excluding carboxylic acids is 1. The zero-order valence-corrected chi connectivity index (χ0v) is 12.4. The minimum atomic E-state index is 0.00759. The molecule has 21 heavy (non-hydrogen) atoms. The predicted molar refractivity (Wildman–Crippen MR) is 80.1 cm³/mol. The Bertz CT molecular complexity index is 659. The van der Waals surface area contributed by atoms with Crippen LogP contribution in [0.5, 0.6) is 0 Å². The summed E-state index contributed by atoms with van der Waals surface area (Å²) in [6, 6.07) is 1.93. The van der Waals surface area contributed by atoms with Gasteiger partial charge in [-0.15, -0.1) is 0 Å². The molecular weight excluding hydrogens is 268 g/mol. The van der Waals surface area contributed by atoms with E-state index in [9.17, 15) is 4.79 Å². The molecule has 0 radical (unpaired) electrons. The fourth-order valence-corrected chi connectivity index (χ4v) is 2.76. The number of fused-ring (bicyclic) bond motifs is 1. The summed E-state index contributed by atoms with van der Waals surface area (Å²) in [6.45, 7) is 2.76. The van der Waals surface area contributed by atoms with E-state index in [4.69, 9.17) is 4.74 Å². The first kappa shape index (κ1) is 14.0. The Labute approximate surface area is 123 Å². The van der Waals surface area contributed by atoms with E-state index in [0.29, 0.717) is 6.42 Å². The lowest BCUT2D eigenvalue weighted by molar-refractivity contribution is -0.116. The van der Waals surface area contributed by atoms with Crippen molar-refractivity contribution in [3.63, 3.8) is 0 Å². The molecule has 3 heterocycles. The molecule has 2 aromatic heterocycles. The molecule has 6 heteroatoms. The molecule has 1 saturated heterocycles. The van der Waals surface area contributed by atoms with Gasteiger partial charge in [-0.2, -0.15) is 5.10 Å². The lowest BCUT2D eigenvalue weighted by Crippen LogP contribution is -2.15. The minimum Gasteiger partial charge on any atom is -0.378 e. The van der Waals surface area contributed by atoms with Gasteiger partial charge in [-0.1, -0.05) is 0 Å². The minimum absolute atomic E-state index is 0.00759. The second-order valence-electron chi connectivity index (χ2n) is 5.53. The second-order valence-corrected chi connectivity index (χ2v) is 5.53. The molecule has 6 nitrogen and oxygen atoms in total. The van der Waals surface area contributed by atoms with Gasteiger partial charge in [0.25, 0.3) is 0 Å². The Morgan fingerprint density at radius 3 is 3.19 bits per heavy atom. The van der Waals surface area contributed by atoms with Crippen LogP contribution in [0.1, 0.15) is 31.4 Å². The van der Waals surface area contributed by atoms with Crippen molar-refractivity contribution in [3.8, 4) is 0 Å². The fourth-order valence-electron chi connectivity index (χ4n) is 2.76. The van der Waals surface area contributed by atoms with Crippen LogP contribution in [-0.4, -0.2) is 33.4 Å². The molecule has 2 aromatic rings. The molecule has 1 aliphatic rings. The largest absolute Gasteiger partial charge is 0.378 e. The summed E-state index contributed by atoms with van der Waals surface area (Å²) in [5.74, 6) is 0.00759. The molecule has 112 valence electrons. The molecule has 0 spiro atoms. The smallest absolute Gasteiger partial charge is 0.224 e. The second kappa shape index (κ2) is 5.81. The predicted octanol–water partition coefficient (Wildman–Crippen LogP) is 2.17. The lowest BCUT2D eigenvalue weighted by Gasteiger charge is -2.09. The first-order valence-corrected chi connectivity index (χ1v) is 7.34. The zero-order chi connectivity index (χ0) is 14.8. The van der Waals surface area contributed by atoms with Crippen molar-refractivity contribution in [3.05, 3.63) is 18.0 Å². The van der Waals surface area contributed by atoms with Gasteiger partial charge in [0.05, 0.1) is 23.7 Å². The normalized spacial score (nSPS) is 18.3. The van der Waals surface area contributed by atoms with E-state index < -0.39 is 0 Å². The maximum absolute atomic E-state index is 12.0. The topological polar surface area (TPSA) is 69.0 Å². The van der Waals surface area contributed by atoms with E-state index in [-0.39, 0.29) is 12.0 Å². The molecule has 1 N–H and O–H groups in total. The maximum Gasteiger partial charge on any atom is 0.224 e. The van der Waals surface area contributed by atoms with E-state index in [1.807, 2.05) is 20.0 Å². The third-order valence-electron chi connectivity index (χ3n) is 3.86. The van der Waals surface area contributed by atoms with Gasteiger partial charge in [0.2, 0.25) is 5.91 Å². The highest BCUT2D eigenvalue weighted by atomic mass is 16.5. The van der Waals surface area contributed by atoms with Crippen LogP contribution in [0, 0.1) is 6.92 Å². The summed E-state index contributed by atoms with van der Waals surface area (Å²) in [6.07, 6.45) is 5.36. The van der Waals surface area contributed by atoms with Crippen molar-refractivity contribution >= 4 is 22.6 Å². The van der Waals surface area contributed by atoms with E-state index in [1.54, 1.807) is 10.9 Å². The Morgan fingerprint density at radius 1 is 1.57 bits per heavy atom. The Morgan fingerprint density at radius 2 is 2.43 bits per heavy atom. The summed E-state index contributed by atoms with van der Waals surface area (Å²) < 4.78 is 7.27. The van der Waals surface area contributed by atoms with Crippen molar-refractivity contribution in [2.45, 2.75) is 38.7 Å². The molecular formula is C15H20N4O2. The molecule has 3 rings (SSSR count). The first-order chi connectivity index (χ1) is 10.1. The standard InChI is InChI=1S/C15H20N4O2/c1-10-13-8-11(9-16-15(13)19(2)18-10)17-14(20)6-5-12-4-3-7-21-12/h8-9,12H,3-7H2,1-2H3,(H,17,20)/t12-/m0/s1. The van der Waals surface area contributed by atoms with Crippen LogP contribution >= 0.6 is 0 Å². The quantitative estimate of drug-likeness (QED) is 0.936. The zero-order valence-electron chi connectivity index (χ0n) is 12.4. The summed E-state index contributed by atoms with van der Waals surface area (Å²) in [7, 11) is 1.86. The third kappa shape index (κ3) is 3.05. The van der Waals surface area contributed by atoms with Gasteiger partial charge in [-0.05, 0) is 32.3 Å². The number of anilines is 1. The highest BCUT2D eigenvalue weighted by Gasteiger charge is 2.17. The molecule has 1 fully saturated rings. The van der Waals surface area contributed by atoms with Crippen LogP contribution in [0.15, 0.2) is 12.3 Å². The number of nitrogens with one attached hydrogen (secondary N) is 1. The maximum atomic E-state index is 12.0. The van der Waals surface area contributed by atoms with Crippen LogP contribution in [0.3, 0.4) is 0 Å². The van der Waals surface area contributed by atoms with Gasteiger partial charge in [-0.3, -0.25) is 9.48 Å². The van der Waals surface area contributed by atoms with Crippen LogP contribution in [0.2, 0.25) is 0 Å². The van der Waals surface area contributed by atoms with E-state index in [1.165, 1.54) is 0 Å². The highest BCUT2D eigenvalue weighted by Crippen LogP contribution is 2.20.